The van der Waals surface area contributed by atoms with E-state index < -0.39 is 37.9 Å². The van der Waals surface area contributed by atoms with E-state index in [1.807, 2.05) is 0 Å². The first-order chi connectivity index (χ1) is 6.54. The van der Waals surface area contributed by atoms with Crippen LogP contribution in [-0.4, -0.2) is 25.1 Å². The third kappa shape index (κ3) is 7.34. The molecule has 0 aromatic carbocycles. The van der Waals surface area contributed by atoms with E-state index in [9.17, 15) is 35.1 Å². The van der Waals surface area contributed by atoms with E-state index in [0.29, 0.717) is 0 Å². The Morgan fingerprint density at radius 1 is 0.733 bits per heavy atom. The zero-order chi connectivity index (χ0) is 12.3. The van der Waals surface area contributed by atoms with Crippen molar-refractivity contribution in [3.05, 3.63) is 0 Å². The summed E-state index contributed by atoms with van der Waals surface area (Å²) in [5.74, 6) is 0. The van der Waals surface area contributed by atoms with Crippen molar-refractivity contribution < 1.29 is 39.9 Å². The number of hydrogen-bond donors (Lipinski definition) is 0. The van der Waals surface area contributed by atoms with Crippen molar-refractivity contribution in [1.29, 1.82) is 0 Å². The van der Waals surface area contributed by atoms with Gasteiger partial charge in [0.1, 0.15) is 0 Å². The summed E-state index contributed by atoms with van der Waals surface area (Å²) in [5.41, 5.74) is 0. The van der Waals surface area contributed by atoms with Crippen molar-refractivity contribution >= 4 is 0 Å². The lowest BCUT2D eigenvalue weighted by molar-refractivity contribution is -0.387. The maximum atomic E-state index is 12.2. The molecular weight excluding hydrogens is 240 g/mol. The summed E-state index contributed by atoms with van der Waals surface area (Å²) in [6, 6.07) is 0. The Morgan fingerprint density at radius 2 is 1.00 bits per heavy atom. The molecule has 0 atom stereocenters. The quantitative estimate of drug-likeness (QED) is 0.652. The average molecular weight is 246 g/mol. The molecule has 92 valence electrons. The largest absolute Gasteiger partial charge is 0.365 e. The first-order valence-electron chi connectivity index (χ1n) is 3.56. The smallest absolute Gasteiger partial charge is 0.255 e. The summed E-state index contributed by atoms with van der Waals surface area (Å²) < 4.78 is 97.1. The molecule has 0 aromatic rings. The zero-order valence-electron chi connectivity index (χ0n) is 7.00. The molecule has 1 nitrogen and oxygen atoms in total. The van der Waals surface area contributed by atoms with Gasteiger partial charge in [0, 0.05) is 0 Å². The normalized spacial score (nSPS) is 14.0. The van der Waals surface area contributed by atoms with Crippen molar-refractivity contribution in [2.75, 3.05) is 0 Å². The van der Waals surface area contributed by atoms with Gasteiger partial charge in [0.25, 0.3) is 0 Å². The molecule has 0 saturated carbocycles. The van der Waals surface area contributed by atoms with Crippen molar-refractivity contribution in [3.8, 4) is 0 Å². The number of halogens is 8. The van der Waals surface area contributed by atoms with Gasteiger partial charge in [0.05, 0.1) is 12.8 Å². The van der Waals surface area contributed by atoms with Crippen LogP contribution in [-0.2, 0) is 4.74 Å². The molecule has 0 spiro atoms. The summed E-state index contributed by atoms with van der Waals surface area (Å²) in [6.07, 6.45) is -21.4. The molecule has 0 heterocycles. The number of rotatable bonds is 6. The van der Waals surface area contributed by atoms with Gasteiger partial charge in [-0.15, -0.1) is 0 Å². The van der Waals surface area contributed by atoms with Crippen LogP contribution in [0.15, 0.2) is 0 Å². The topological polar surface area (TPSA) is 9.23 Å². The van der Waals surface area contributed by atoms with Crippen LogP contribution < -0.4 is 0 Å². The van der Waals surface area contributed by atoms with Crippen LogP contribution in [0.2, 0.25) is 0 Å². The summed E-state index contributed by atoms with van der Waals surface area (Å²) in [4.78, 5) is 0. The molecule has 0 aliphatic rings. The minimum atomic E-state index is -4.84. The van der Waals surface area contributed by atoms with Gasteiger partial charge in [-0.1, -0.05) is 0 Å². The van der Waals surface area contributed by atoms with E-state index in [-0.39, 0.29) is 0 Å². The average Bonchev–Trinajstić information content (AvgIpc) is 1.73. The summed E-state index contributed by atoms with van der Waals surface area (Å²) in [7, 11) is 0. The van der Waals surface area contributed by atoms with E-state index in [4.69, 9.17) is 0 Å². The third-order valence-electron chi connectivity index (χ3n) is 1.08. The van der Waals surface area contributed by atoms with Gasteiger partial charge in [-0.05, 0) is 0 Å². The highest BCUT2D eigenvalue weighted by Crippen LogP contribution is 2.34. The first-order valence-corrected chi connectivity index (χ1v) is 3.56. The van der Waals surface area contributed by atoms with Crippen molar-refractivity contribution in [2.24, 2.45) is 0 Å². The van der Waals surface area contributed by atoms with Crippen LogP contribution in [0, 0.1) is 0 Å². The fraction of sp³-hybridized carbons (Fsp3) is 1.00. The van der Waals surface area contributed by atoms with Gasteiger partial charge >= 0.3 is 12.2 Å². The molecule has 0 unspecified atom stereocenters. The van der Waals surface area contributed by atoms with Crippen molar-refractivity contribution in [2.45, 2.75) is 37.9 Å². The minimum Gasteiger partial charge on any atom is -0.255 e. The molecule has 0 N–H and O–H groups in total. The van der Waals surface area contributed by atoms with Gasteiger partial charge in [0.2, 0.25) is 12.9 Å². The second-order valence-corrected chi connectivity index (χ2v) is 2.57. The second kappa shape index (κ2) is 4.95. The molecule has 0 rings (SSSR count). The molecule has 9 heteroatoms. The molecule has 0 aliphatic heterocycles. The fourth-order valence-corrected chi connectivity index (χ4v) is 0.661. The second-order valence-electron chi connectivity index (χ2n) is 2.57. The summed E-state index contributed by atoms with van der Waals surface area (Å²) >= 11 is 0. The van der Waals surface area contributed by atoms with Crippen LogP contribution >= 0.6 is 0 Å². The van der Waals surface area contributed by atoms with E-state index in [0.717, 1.165) is 0 Å². The number of alkyl halides is 8. The lowest BCUT2D eigenvalue weighted by Gasteiger charge is -2.23. The Bertz CT molecular complexity index is 172. The molecule has 0 amide bonds. The van der Waals surface area contributed by atoms with Gasteiger partial charge in [-0.2, -0.15) is 17.6 Å². The van der Waals surface area contributed by atoms with E-state index in [2.05, 4.69) is 4.74 Å². The standard InChI is InChI=1S/C6H6F8O/c7-3(8)1-5(11,12)15-6(13,14)2-4(9)10/h3-4H,1-2H2. The highest BCUT2D eigenvalue weighted by atomic mass is 19.3. The monoisotopic (exact) mass is 246 g/mol. The van der Waals surface area contributed by atoms with Gasteiger partial charge < -0.3 is 0 Å². The molecule has 0 saturated heterocycles. The van der Waals surface area contributed by atoms with Crippen LogP contribution in [0.1, 0.15) is 12.8 Å². The molecule has 0 radical (unpaired) electrons. The summed E-state index contributed by atoms with van der Waals surface area (Å²) in [6.45, 7) is 0. The summed E-state index contributed by atoms with van der Waals surface area (Å²) in [5, 5.41) is 0. The van der Waals surface area contributed by atoms with Gasteiger partial charge in [-0.3, -0.25) is 4.74 Å². The maximum absolute atomic E-state index is 12.2. The Hall–Kier alpha value is -0.600. The minimum absolute atomic E-state index is 2.27. The fourth-order valence-electron chi connectivity index (χ4n) is 0.661. The Kier molecular flexibility index (Phi) is 4.75. The Balaban J connectivity index is 4.29. The van der Waals surface area contributed by atoms with Crippen molar-refractivity contribution in [1.82, 2.24) is 0 Å². The van der Waals surface area contributed by atoms with Gasteiger partial charge in [0.15, 0.2) is 0 Å². The van der Waals surface area contributed by atoms with Crippen LogP contribution in [0.25, 0.3) is 0 Å². The third-order valence-corrected chi connectivity index (χ3v) is 1.08. The van der Waals surface area contributed by atoms with Gasteiger partial charge in [-0.25, -0.2) is 17.6 Å². The van der Waals surface area contributed by atoms with Crippen LogP contribution in [0.3, 0.4) is 0 Å². The van der Waals surface area contributed by atoms with E-state index >= 15 is 0 Å². The first kappa shape index (κ1) is 14.4. The molecule has 0 fully saturated rings. The molecule has 0 bridgehead atoms. The van der Waals surface area contributed by atoms with Crippen molar-refractivity contribution in [3.63, 3.8) is 0 Å². The lowest BCUT2D eigenvalue weighted by atomic mass is 10.4. The zero-order valence-corrected chi connectivity index (χ0v) is 7.00. The predicted octanol–water partition coefficient (Wildman–Crippen LogP) is 3.50. The van der Waals surface area contributed by atoms with E-state index in [1.54, 1.807) is 0 Å². The Morgan fingerprint density at radius 3 is 1.20 bits per heavy atom. The Labute approximate surface area is 79.0 Å². The van der Waals surface area contributed by atoms with Crippen LogP contribution in [0.4, 0.5) is 35.1 Å². The van der Waals surface area contributed by atoms with Crippen LogP contribution in [0.5, 0.6) is 0 Å². The molecular formula is C6H6F8O. The molecule has 0 aromatic heterocycles. The van der Waals surface area contributed by atoms with E-state index in [1.165, 1.54) is 0 Å². The number of hydrogen-bond acceptors (Lipinski definition) is 1. The number of ether oxygens (including phenoxy) is 1. The molecule has 15 heavy (non-hydrogen) atoms. The highest BCUT2D eigenvalue weighted by molar-refractivity contribution is 4.62. The lowest BCUT2D eigenvalue weighted by Crippen LogP contribution is -2.35. The predicted molar refractivity (Wildman–Crippen MR) is 32.2 cm³/mol. The highest BCUT2D eigenvalue weighted by Gasteiger charge is 2.47. The molecule has 0 aliphatic carbocycles. The SMILES string of the molecule is FC(F)CC(F)(F)OC(F)(F)CC(F)F. The maximum Gasteiger partial charge on any atom is 0.365 e.